The second-order valence-electron chi connectivity index (χ2n) is 6.49. The summed E-state index contributed by atoms with van der Waals surface area (Å²) in [6.07, 6.45) is 5.38. The van der Waals surface area contributed by atoms with E-state index in [1.54, 1.807) is 48.1 Å². The maximum atomic E-state index is 12.5. The van der Waals surface area contributed by atoms with E-state index in [1.165, 1.54) is 17.5 Å². The molecule has 3 rings (SSSR count). The number of carbonyl (C=O) groups excluding carboxylic acids is 1. The van der Waals surface area contributed by atoms with Crippen molar-refractivity contribution in [2.75, 3.05) is 5.32 Å². The lowest BCUT2D eigenvalue weighted by molar-refractivity contribution is -0.119. The van der Waals surface area contributed by atoms with Crippen molar-refractivity contribution in [3.63, 3.8) is 0 Å². The largest absolute Gasteiger partial charge is 0.508 e. The zero-order valence-corrected chi connectivity index (χ0v) is 16.4. The molecular weight excluding hydrogens is 378 g/mol. The molecular formula is C20H21N3O4S. The second kappa shape index (κ2) is 8.26. The van der Waals surface area contributed by atoms with E-state index in [0.29, 0.717) is 18.7 Å². The van der Waals surface area contributed by atoms with Crippen LogP contribution in [0.2, 0.25) is 0 Å². The molecule has 1 unspecified atom stereocenters. The highest BCUT2D eigenvalue weighted by Gasteiger charge is 2.20. The van der Waals surface area contributed by atoms with Crippen LogP contribution in [0.4, 0.5) is 5.69 Å². The summed E-state index contributed by atoms with van der Waals surface area (Å²) in [7, 11) is 0. The van der Waals surface area contributed by atoms with Gasteiger partial charge in [0.25, 0.3) is 0 Å². The standard InChI is InChI=1S/C20H21N3O4S/c1-3-23-10-16(20(26)27)17(11-23)22-18(25)12(2)8-15-9-21-19(28-15)13-4-6-14(24)7-5-13/h4-7,9-12,24H,3,8H2,1-2H3,(H,22,25)(H,26,27). The van der Waals surface area contributed by atoms with Crippen molar-refractivity contribution in [2.45, 2.75) is 26.8 Å². The van der Waals surface area contributed by atoms with Crippen molar-refractivity contribution in [1.29, 1.82) is 0 Å². The summed E-state index contributed by atoms with van der Waals surface area (Å²) in [6.45, 7) is 4.31. The Morgan fingerprint density at radius 2 is 1.96 bits per heavy atom. The average Bonchev–Trinajstić information content (AvgIpc) is 3.29. The van der Waals surface area contributed by atoms with Gasteiger partial charge in [-0.2, -0.15) is 0 Å². The molecule has 2 aromatic heterocycles. The van der Waals surface area contributed by atoms with Crippen molar-refractivity contribution in [2.24, 2.45) is 5.92 Å². The average molecular weight is 399 g/mol. The van der Waals surface area contributed by atoms with Gasteiger partial charge in [0.05, 0.1) is 5.69 Å². The van der Waals surface area contributed by atoms with Gasteiger partial charge in [-0.25, -0.2) is 9.78 Å². The van der Waals surface area contributed by atoms with Crippen molar-refractivity contribution < 1.29 is 19.8 Å². The highest BCUT2D eigenvalue weighted by Crippen LogP contribution is 2.28. The van der Waals surface area contributed by atoms with Gasteiger partial charge in [0, 0.05) is 41.5 Å². The molecule has 0 saturated carbocycles. The van der Waals surface area contributed by atoms with Crippen LogP contribution in [0.5, 0.6) is 5.75 Å². The lowest BCUT2D eigenvalue weighted by Gasteiger charge is -2.10. The molecule has 0 aliphatic heterocycles. The Hall–Kier alpha value is -3.13. The summed E-state index contributed by atoms with van der Waals surface area (Å²) >= 11 is 1.49. The fourth-order valence-corrected chi connectivity index (χ4v) is 3.80. The molecule has 0 aliphatic rings. The third kappa shape index (κ3) is 4.40. The summed E-state index contributed by atoms with van der Waals surface area (Å²) in [6, 6.07) is 6.80. The van der Waals surface area contributed by atoms with Gasteiger partial charge in [-0.3, -0.25) is 4.79 Å². The fraction of sp³-hybridized carbons (Fsp3) is 0.250. The Labute approximate surface area is 166 Å². The summed E-state index contributed by atoms with van der Waals surface area (Å²) in [5.41, 5.74) is 1.29. The van der Waals surface area contributed by atoms with E-state index < -0.39 is 5.97 Å². The Morgan fingerprint density at radius 1 is 1.25 bits per heavy atom. The van der Waals surface area contributed by atoms with E-state index >= 15 is 0 Å². The van der Waals surface area contributed by atoms with Gasteiger partial charge in [0.15, 0.2) is 0 Å². The third-order valence-electron chi connectivity index (χ3n) is 4.36. The number of aromatic hydroxyl groups is 1. The number of aryl methyl sites for hydroxylation is 1. The topological polar surface area (TPSA) is 104 Å². The summed E-state index contributed by atoms with van der Waals surface area (Å²) < 4.78 is 1.72. The predicted molar refractivity (Wildman–Crippen MR) is 108 cm³/mol. The van der Waals surface area contributed by atoms with Crippen LogP contribution >= 0.6 is 11.3 Å². The number of carboxylic acids is 1. The van der Waals surface area contributed by atoms with E-state index in [9.17, 15) is 19.8 Å². The number of benzene rings is 1. The number of nitrogens with zero attached hydrogens (tertiary/aromatic N) is 2. The number of anilines is 1. The Bertz CT molecular complexity index is 991. The summed E-state index contributed by atoms with van der Waals surface area (Å²) in [4.78, 5) is 29.3. The van der Waals surface area contributed by atoms with Crippen LogP contribution in [0.3, 0.4) is 0 Å². The zero-order chi connectivity index (χ0) is 20.3. The summed E-state index contributed by atoms with van der Waals surface area (Å²) in [5, 5.41) is 22.2. The number of thiazole rings is 1. The Morgan fingerprint density at radius 3 is 2.61 bits per heavy atom. The molecule has 7 nitrogen and oxygen atoms in total. The zero-order valence-electron chi connectivity index (χ0n) is 15.5. The number of phenols is 1. The molecule has 0 spiro atoms. The van der Waals surface area contributed by atoms with E-state index in [-0.39, 0.29) is 23.1 Å². The fourth-order valence-electron chi connectivity index (χ4n) is 2.75. The molecule has 0 aliphatic carbocycles. The van der Waals surface area contributed by atoms with Gasteiger partial charge in [-0.1, -0.05) is 6.92 Å². The highest BCUT2D eigenvalue weighted by molar-refractivity contribution is 7.15. The van der Waals surface area contributed by atoms with E-state index in [1.807, 2.05) is 6.92 Å². The Balaban J connectivity index is 1.67. The van der Waals surface area contributed by atoms with Crippen molar-refractivity contribution in [3.05, 3.63) is 53.3 Å². The number of carboxylic acid groups (broad SMARTS) is 1. The number of amides is 1. The number of rotatable bonds is 7. The predicted octanol–water partition coefficient (Wildman–Crippen LogP) is 3.85. The molecule has 3 aromatic rings. The van der Waals surface area contributed by atoms with Crippen LogP contribution in [0, 0.1) is 5.92 Å². The molecule has 8 heteroatoms. The number of aromatic nitrogens is 2. The first-order chi connectivity index (χ1) is 13.4. The number of hydrogen-bond acceptors (Lipinski definition) is 5. The van der Waals surface area contributed by atoms with Gasteiger partial charge < -0.3 is 20.1 Å². The number of aromatic carboxylic acids is 1. The van der Waals surface area contributed by atoms with Crippen LogP contribution < -0.4 is 5.32 Å². The molecule has 1 amide bonds. The smallest absolute Gasteiger partial charge is 0.339 e. The van der Waals surface area contributed by atoms with Gasteiger partial charge >= 0.3 is 5.97 Å². The van der Waals surface area contributed by atoms with Crippen LogP contribution in [0.1, 0.15) is 29.1 Å². The van der Waals surface area contributed by atoms with Gasteiger partial charge in [0.1, 0.15) is 16.3 Å². The summed E-state index contributed by atoms with van der Waals surface area (Å²) in [5.74, 6) is -1.46. The van der Waals surface area contributed by atoms with Crippen molar-refractivity contribution in [3.8, 4) is 16.3 Å². The lowest BCUT2D eigenvalue weighted by Crippen LogP contribution is -2.22. The number of nitrogens with one attached hydrogen (secondary N) is 1. The molecule has 0 saturated heterocycles. The van der Waals surface area contributed by atoms with Crippen molar-refractivity contribution in [1.82, 2.24) is 9.55 Å². The van der Waals surface area contributed by atoms with Crippen LogP contribution in [-0.4, -0.2) is 31.6 Å². The maximum absolute atomic E-state index is 12.5. The first-order valence-electron chi connectivity index (χ1n) is 8.85. The molecule has 2 heterocycles. The molecule has 1 atom stereocenters. The Kier molecular flexibility index (Phi) is 5.79. The van der Waals surface area contributed by atoms with Gasteiger partial charge in [0.2, 0.25) is 5.91 Å². The maximum Gasteiger partial charge on any atom is 0.339 e. The normalized spacial score (nSPS) is 11.9. The quantitative estimate of drug-likeness (QED) is 0.560. The second-order valence-corrected chi connectivity index (χ2v) is 7.61. The molecule has 28 heavy (non-hydrogen) atoms. The van der Waals surface area contributed by atoms with E-state index in [2.05, 4.69) is 10.3 Å². The number of carbonyl (C=O) groups is 2. The highest BCUT2D eigenvalue weighted by atomic mass is 32.1. The first-order valence-corrected chi connectivity index (χ1v) is 9.67. The molecule has 0 bridgehead atoms. The molecule has 3 N–H and O–H groups in total. The van der Waals surface area contributed by atoms with Crippen LogP contribution in [0.15, 0.2) is 42.9 Å². The van der Waals surface area contributed by atoms with E-state index in [0.717, 1.165) is 15.4 Å². The SMILES string of the molecule is CCn1cc(NC(=O)C(C)Cc2cnc(-c3ccc(O)cc3)s2)c(C(=O)O)c1. The minimum Gasteiger partial charge on any atom is -0.508 e. The van der Waals surface area contributed by atoms with Gasteiger partial charge in [-0.05, 0) is 37.6 Å². The number of hydrogen-bond donors (Lipinski definition) is 3. The lowest BCUT2D eigenvalue weighted by atomic mass is 10.1. The van der Waals surface area contributed by atoms with Crippen molar-refractivity contribution >= 4 is 28.9 Å². The molecule has 1 aromatic carbocycles. The first kappa shape index (κ1) is 19.6. The monoisotopic (exact) mass is 399 g/mol. The third-order valence-corrected chi connectivity index (χ3v) is 5.42. The molecule has 0 fully saturated rings. The molecule has 146 valence electrons. The van der Waals surface area contributed by atoms with Gasteiger partial charge in [-0.15, -0.1) is 11.3 Å². The van der Waals surface area contributed by atoms with Crippen LogP contribution in [0.25, 0.3) is 10.6 Å². The van der Waals surface area contributed by atoms with Crippen LogP contribution in [-0.2, 0) is 17.8 Å². The minimum atomic E-state index is -1.07. The van der Waals surface area contributed by atoms with E-state index in [4.69, 9.17) is 0 Å². The number of phenolic OH excluding ortho intramolecular Hbond substituents is 1. The molecule has 0 radical (unpaired) electrons. The minimum absolute atomic E-state index is 0.0785.